The highest BCUT2D eigenvalue weighted by atomic mass is 19.1. The Labute approximate surface area is 267 Å². The average molecular weight is 639 g/mol. The molecule has 3 aromatic carbocycles. The van der Waals surface area contributed by atoms with Crippen molar-refractivity contribution in [1.29, 1.82) is 0 Å². The number of benzene rings is 3. The molecule has 46 heavy (non-hydrogen) atoms. The van der Waals surface area contributed by atoms with Gasteiger partial charge in [-0.05, 0) is 92.3 Å². The topological polar surface area (TPSA) is 106 Å². The van der Waals surface area contributed by atoms with E-state index in [1.165, 1.54) is 29.8 Å². The van der Waals surface area contributed by atoms with E-state index < -0.39 is 0 Å². The van der Waals surface area contributed by atoms with E-state index in [4.69, 9.17) is 24.1 Å². The van der Waals surface area contributed by atoms with Crippen LogP contribution >= 0.6 is 0 Å². The van der Waals surface area contributed by atoms with Crippen LogP contribution in [0.4, 0.5) is 14.5 Å². The number of hydrogen-bond donors (Lipinski definition) is 1. The number of halogens is 2. The maximum absolute atomic E-state index is 13.2. The number of rotatable bonds is 10. The van der Waals surface area contributed by atoms with E-state index in [-0.39, 0.29) is 48.2 Å². The lowest BCUT2D eigenvalue weighted by atomic mass is 9.90. The number of ether oxygens (including phenoxy) is 3. The van der Waals surface area contributed by atoms with Gasteiger partial charge in [-0.3, -0.25) is 14.4 Å². The fourth-order valence-electron chi connectivity index (χ4n) is 5.49. The van der Waals surface area contributed by atoms with Crippen molar-refractivity contribution in [2.24, 2.45) is 0 Å². The van der Waals surface area contributed by atoms with Crippen LogP contribution < -0.4 is 9.64 Å². The van der Waals surface area contributed by atoms with Gasteiger partial charge in [-0.2, -0.15) is 0 Å². The maximum atomic E-state index is 13.2. The first-order valence-corrected chi connectivity index (χ1v) is 15.4. The van der Waals surface area contributed by atoms with Gasteiger partial charge >= 0.3 is 0 Å². The van der Waals surface area contributed by atoms with Crippen LogP contribution in [0, 0.1) is 11.6 Å². The monoisotopic (exact) mass is 638 g/mol. The summed E-state index contributed by atoms with van der Waals surface area (Å²) in [6.45, 7) is 5.10. The van der Waals surface area contributed by atoms with Crippen molar-refractivity contribution in [3.8, 4) is 5.75 Å². The summed E-state index contributed by atoms with van der Waals surface area (Å²) in [5.41, 5.74) is 2.58. The van der Waals surface area contributed by atoms with Crippen molar-refractivity contribution >= 4 is 24.0 Å². The first-order chi connectivity index (χ1) is 22.3. The minimum atomic E-state index is -0.381. The number of carbonyl (C=O) groups excluding carboxylic acids is 2. The van der Waals surface area contributed by atoms with Crippen LogP contribution in [0.3, 0.4) is 0 Å². The van der Waals surface area contributed by atoms with E-state index in [1.807, 2.05) is 11.8 Å². The Morgan fingerprint density at radius 3 is 2.09 bits per heavy atom. The van der Waals surface area contributed by atoms with E-state index in [0.29, 0.717) is 37.7 Å². The summed E-state index contributed by atoms with van der Waals surface area (Å²) < 4.78 is 42.1. The molecule has 3 aliphatic heterocycles. The number of carboxylic acid groups (broad SMARTS) is 1. The summed E-state index contributed by atoms with van der Waals surface area (Å²) in [7, 11) is 0. The van der Waals surface area contributed by atoms with Gasteiger partial charge in [0.1, 0.15) is 29.6 Å². The SMILES string of the molecule is CCOc1ccc(F)cc1.O=C(COC1(CCc2ccc(C3CC(=O)N3c3ccc(F)cc3)cc2)COC1)N1CCCC1.O=CO. The molecule has 3 heterocycles. The van der Waals surface area contributed by atoms with Crippen LogP contribution in [0.2, 0.25) is 0 Å². The van der Waals surface area contributed by atoms with Crippen molar-refractivity contribution in [2.45, 2.75) is 50.7 Å². The molecule has 2 amide bonds. The molecule has 0 radical (unpaired) electrons. The minimum absolute atomic E-state index is 0.0247. The van der Waals surface area contributed by atoms with Gasteiger partial charge in [0, 0.05) is 18.8 Å². The molecule has 1 atom stereocenters. The van der Waals surface area contributed by atoms with Crippen LogP contribution in [0.1, 0.15) is 49.8 Å². The third kappa shape index (κ3) is 9.34. The molecule has 1 unspecified atom stereocenters. The third-order valence-electron chi connectivity index (χ3n) is 8.10. The van der Waals surface area contributed by atoms with Crippen LogP contribution in [0.25, 0.3) is 0 Å². The predicted octanol–water partition coefficient (Wildman–Crippen LogP) is 5.57. The highest BCUT2D eigenvalue weighted by Crippen LogP contribution is 2.39. The quantitative estimate of drug-likeness (QED) is 0.229. The zero-order valence-electron chi connectivity index (χ0n) is 25.9. The molecular formula is C35H40F2N2O7. The number of β-lactam (4-membered cyclic amide) rings is 1. The van der Waals surface area contributed by atoms with E-state index in [9.17, 15) is 18.4 Å². The predicted molar refractivity (Wildman–Crippen MR) is 168 cm³/mol. The summed E-state index contributed by atoms with van der Waals surface area (Å²) in [6.07, 6.45) is 4.23. The standard InChI is InChI=1S/C26H29FN2O4.C8H9FO.CH2O2/c27-21-7-9-22(10-8-21)29-23(15-24(29)30)20-5-3-19(4-6-20)11-12-26(17-32-18-26)33-16-25(31)28-13-1-2-14-28;1-2-10-8-5-3-7(9)4-6-8;2-1-3/h3-10,23H,1-2,11-18H2;3-6H,2H2,1H3;1H,(H,2,3). The Hall–Kier alpha value is -4.35. The van der Waals surface area contributed by atoms with Crippen LogP contribution in [0.15, 0.2) is 72.8 Å². The lowest BCUT2D eigenvalue weighted by Crippen LogP contribution is -2.53. The Balaban J connectivity index is 0.000000311. The average Bonchev–Trinajstić information content (AvgIpc) is 3.58. The first-order valence-electron chi connectivity index (χ1n) is 15.4. The fourth-order valence-corrected chi connectivity index (χ4v) is 5.49. The Morgan fingerprint density at radius 1 is 0.978 bits per heavy atom. The van der Waals surface area contributed by atoms with E-state index in [2.05, 4.69) is 24.3 Å². The lowest BCUT2D eigenvalue weighted by Gasteiger charge is -2.41. The molecule has 0 aromatic heterocycles. The van der Waals surface area contributed by atoms with E-state index >= 15 is 0 Å². The number of nitrogens with zero attached hydrogens (tertiary/aromatic N) is 2. The molecule has 3 aromatic rings. The second-order valence-corrected chi connectivity index (χ2v) is 11.2. The zero-order chi connectivity index (χ0) is 32.9. The largest absolute Gasteiger partial charge is 0.494 e. The maximum Gasteiger partial charge on any atom is 0.290 e. The molecule has 3 saturated heterocycles. The smallest absolute Gasteiger partial charge is 0.290 e. The Bertz CT molecular complexity index is 1410. The normalized spacial score (nSPS) is 17.8. The lowest BCUT2D eigenvalue weighted by molar-refractivity contribution is -0.214. The number of aryl methyl sites for hydroxylation is 1. The molecule has 246 valence electrons. The molecule has 9 nitrogen and oxygen atoms in total. The van der Waals surface area contributed by atoms with Gasteiger partial charge in [-0.15, -0.1) is 0 Å². The Kier molecular flexibility index (Phi) is 12.6. The van der Waals surface area contributed by atoms with Gasteiger partial charge in [0.25, 0.3) is 6.47 Å². The van der Waals surface area contributed by atoms with Crippen LogP contribution in [-0.2, 0) is 30.3 Å². The molecular weight excluding hydrogens is 598 g/mol. The molecule has 0 saturated carbocycles. The number of anilines is 1. The summed E-state index contributed by atoms with van der Waals surface area (Å²) in [5, 5.41) is 6.89. The van der Waals surface area contributed by atoms with Gasteiger partial charge in [-0.25, -0.2) is 8.78 Å². The Morgan fingerprint density at radius 2 is 1.57 bits per heavy atom. The number of amides is 2. The molecule has 11 heteroatoms. The van der Waals surface area contributed by atoms with Crippen LogP contribution in [-0.4, -0.2) is 73.4 Å². The molecule has 3 aliphatic rings. The van der Waals surface area contributed by atoms with E-state index in [1.54, 1.807) is 29.2 Å². The zero-order valence-corrected chi connectivity index (χ0v) is 25.9. The van der Waals surface area contributed by atoms with Gasteiger partial charge < -0.3 is 29.1 Å². The van der Waals surface area contributed by atoms with Gasteiger partial charge in [0.2, 0.25) is 11.8 Å². The van der Waals surface area contributed by atoms with Gasteiger partial charge in [-0.1, -0.05) is 24.3 Å². The van der Waals surface area contributed by atoms with Crippen molar-refractivity contribution in [3.63, 3.8) is 0 Å². The summed E-state index contributed by atoms with van der Waals surface area (Å²) in [5.74, 6) is 0.283. The summed E-state index contributed by atoms with van der Waals surface area (Å²) in [4.78, 5) is 36.5. The molecule has 1 N–H and O–H groups in total. The molecule has 0 spiro atoms. The number of carbonyl (C=O) groups is 3. The van der Waals surface area contributed by atoms with Crippen molar-refractivity contribution < 1.29 is 42.5 Å². The number of hydrogen-bond acceptors (Lipinski definition) is 6. The summed E-state index contributed by atoms with van der Waals surface area (Å²) >= 11 is 0. The second kappa shape index (κ2) is 16.8. The first kappa shape index (κ1) is 34.5. The van der Waals surface area contributed by atoms with Gasteiger partial charge in [0.05, 0.1) is 32.3 Å². The van der Waals surface area contributed by atoms with Gasteiger partial charge in [0.15, 0.2) is 0 Å². The molecule has 0 aliphatic carbocycles. The van der Waals surface area contributed by atoms with Crippen molar-refractivity contribution in [1.82, 2.24) is 4.90 Å². The van der Waals surface area contributed by atoms with Crippen molar-refractivity contribution in [2.75, 3.05) is 44.4 Å². The van der Waals surface area contributed by atoms with Crippen molar-refractivity contribution in [3.05, 3.63) is 95.6 Å². The second-order valence-electron chi connectivity index (χ2n) is 11.2. The summed E-state index contributed by atoms with van der Waals surface area (Å²) in [6, 6.07) is 20.3. The minimum Gasteiger partial charge on any atom is -0.494 e. The molecule has 0 bridgehead atoms. The molecule has 6 rings (SSSR count). The highest BCUT2D eigenvalue weighted by molar-refractivity contribution is 6.01. The van der Waals surface area contributed by atoms with E-state index in [0.717, 1.165) is 44.3 Å². The highest BCUT2D eigenvalue weighted by Gasteiger charge is 2.41. The number of likely N-dealkylation sites (tertiary alicyclic amines) is 1. The fraction of sp³-hybridized carbons (Fsp3) is 0.400. The third-order valence-corrected chi connectivity index (χ3v) is 8.10. The van der Waals surface area contributed by atoms with Crippen LogP contribution in [0.5, 0.6) is 5.75 Å². The molecule has 3 fully saturated rings.